The Morgan fingerprint density at radius 2 is 1.76 bits per heavy atom. The van der Waals surface area contributed by atoms with Gasteiger partial charge in [-0.1, -0.05) is 17.7 Å². The zero-order chi connectivity index (χ0) is 15.5. The predicted molar refractivity (Wildman–Crippen MR) is 81.9 cm³/mol. The molecule has 0 spiro atoms. The summed E-state index contributed by atoms with van der Waals surface area (Å²) < 4.78 is 36.7. The van der Waals surface area contributed by atoms with E-state index < -0.39 is 5.51 Å². The van der Waals surface area contributed by atoms with Crippen LogP contribution in [0.4, 0.5) is 18.9 Å². The van der Waals surface area contributed by atoms with Gasteiger partial charge in [-0.05, 0) is 66.2 Å². The lowest BCUT2D eigenvalue weighted by atomic mass is 10.1. The quantitative estimate of drug-likeness (QED) is 0.703. The molecule has 2 rings (SSSR count). The largest absolute Gasteiger partial charge is 0.446 e. The molecule has 0 saturated heterocycles. The molecule has 112 valence electrons. The maximum absolute atomic E-state index is 12.2. The molecule has 6 heteroatoms. The summed E-state index contributed by atoms with van der Waals surface area (Å²) in [5.41, 5.74) is -1.32. The molecule has 0 aromatic heterocycles. The second-order valence-electron chi connectivity index (χ2n) is 4.50. The molecule has 0 heterocycles. The second kappa shape index (κ2) is 6.62. The summed E-state index contributed by atoms with van der Waals surface area (Å²) in [7, 11) is 0. The average molecular weight is 332 g/mol. The van der Waals surface area contributed by atoms with E-state index in [2.05, 4.69) is 5.32 Å². The highest BCUT2D eigenvalue weighted by Crippen LogP contribution is 2.37. The Bertz CT molecular complexity index is 611. The molecule has 0 saturated carbocycles. The Morgan fingerprint density at radius 1 is 1.10 bits per heavy atom. The van der Waals surface area contributed by atoms with Crippen molar-refractivity contribution in [3.63, 3.8) is 0 Å². The summed E-state index contributed by atoms with van der Waals surface area (Å²) >= 11 is 5.78. The standard InChI is InChI=1S/C15H13ClF3NS/c1-10-8-12(16)3-2-11(10)9-20-13-4-6-14(7-5-13)21-15(17,18)19/h2-8,20H,9H2,1H3. The summed E-state index contributed by atoms with van der Waals surface area (Å²) in [6.45, 7) is 2.56. The fourth-order valence-electron chi connectivity index (χ4n) is 1.83. The first-order valence-electron chi connectivity index (χ1n) is 6.18. The molecule has 0 atom stereocenters. The van der Waals surface area contributed by atoms with Gasteiger partial charge in [-0.3, -0.25) is 0 Å². The van der Waals surface area contributed by atoms with Crippen molar-refractivity contribution >= 4 is 29.1 Å². The molecule has 0 aliphatic rings. The van der Waals surface area contributed by atoms with Crippen molar-refractivity contribution in [1.82, 2.24) is 0 Å². The van der Waals surface area contributed by atoms with Crippen molar-refractivity contribution in [1.29, 1.82) is 0 Å². The molecule has 2 aromatic carbocycles. The first kappa shape index (κ1) is 16.0. The maximum Gasteiger partial charge on any atom is 0.446 e. The molecule has 0 aliphatic heterocycles. The summed E-state index contributed by atoms with van der Waals surface area (Å²) in [5.74, 6) is 0. The third-order valence-corrected chi connectivity index (χ3v) is 3.85. The molecule has 21 heavy (non-hydrogen) atoms. The maximum atomic E-state index is 12.2. The Kier molecular flexibility index (Phi) is 5.06. The third-order valence-electron chi connectivity index (χ3n) is 2.88. The minimum atomic E-state index is -4.25. The van der Waals surface area contributed by atoms with Crippen LogP contribution in [0.2, 0.25) is 5.02 Å². The first-order valence-corrected chi connectivity index (χ1v) is 7.38. The fraction of sp³-hybridized carbons (Fsp3) is 0.200. The highest BCUT2D eigenvalue weighted by Gasteiger charge is 2.28. The fourth-order valence-corrected chi connectivity index (χ4v) is 2.60. The minimum absolute atomic E-state index is 0.114. The monoisotopic (exact) mass is 331 g/mol. The number of halogens is 4. The number of nitrogens with one attached hydrogen (secondary N) is 1. The molecule has 1 N–H and O–H groups in total. The summed E-state index contributed by atoms with van der Waals surface area (Å²) in [6, 6.07) is 11.8. The van der Waals surface area contributed by atoms with Crippen LogP contribution in [-0.2, 0) is 6.54 Å². The lowest BCUT2D eigenvalue weighted by Gasteiger charge is -2.10. The van der Waals surface area contributed by atoms with Gasteiger partial charge < -0.3 is 5.32 Å². The Morgan fingerprint density at radius 3 is 2.33 bits per heavy atom. The lowest BCUT2D eigenvalue weighted by molar-refractivity contribution is -0.0328. The Balaban J connectivity index is 1.97. The van der Waals surface area contributed by atoms with Crippen molar-refractivity contribution in [2.75, 3.05) is 5.32 Å². The zero-order valence-electron chi connectivity index (χ0n) is 11.2. The molecule has 0 aliphatic carbocycles. The van der Waals surface area contributed by atoms with Gasteiger partial charge in [-0.15, -0.1) is 0 Å². The van der Waals surface area contributed by atoms with Crippen LogP contribution in [0.5, 0.6) is 0 Å². The van der Waals surface area contributed by atoms with E-state index in [0.717, 1.165) is 16.8 Å². The van der Waals surface area contributed by atoms with Crippen LogP contribution in [0.3, 0.4) is 0 Å². The van der Waals surface area contributed by atoms with Crippen LogP contribution in [-0.4, -0.2) is 5.51 Å². The number of anilines is 1. The van der Waals surface area contributed by atoms with Crippen molar-refractivity contribution < 1.29 is 13.2 Å². The molecule has 0 bridgehead atoms. The SMILES string of the molecule is Cc1cc(Cl)ccc1CNc1ccc(SC(F)(F)F)cc1. The molecular formula is C15H13ClF3NS. The molecule has 0 radical (unpaired) electrons. The first-order chi connectivity index (χ1) is 9.83. The van der Waals surface area contributed by atoms with E-state index in [0.29, 0.717) is 11.6 Å². The lowest BCUT2D eigenvalue weighted by Crippen LogP contribution is -2.02. The number of thioether (sulfide) groups is 1. The van der Waals surface area contributed by atoms with Gasteiger partial charge in [0.15, 0.2) is 0 Å². The second-order valence-corrected chi connectivity index (χ2v) is 6.07. The van der Waals surface area contributed by atoms with E-state index in [1.165, 1.54) is 12.1 Å². The predicted octanol–water partition coefficient (Wildman–Crippen LogP) is 5.87. The van der Waals surface area contributed by atoms with Gasteiger partial charge in [-0.25, -0.2) is 0 Å². The Labute approximate surface area is 130 Å². The smallest absolute Gasteiger partial charge is 0.381 e. The number of benzene rings is 2. The molecular weight excluding hydrogens is 319 g/mol. The molecule has 1 nitrogen and oxygen atoms in total. The van der Waals surface area contributed by atoms with Crippen molar-refractivity contribution in [3.8, 4) is 0 Å². The highest BCUT2D eigenvalue weighted by atomic mass is 35.5. The van der Waals surface area contributed by atoms with Crippen LogP contribution in [0.1, 0.15) is 11.1 Å². The van der Waals surface area contributed by atoms with Gasteiger partial charge in [0.1, 0.15) is 0 Å². The van der Waals surface area contributed by atoms with Gasteiger partial charge in [0.05, 0.1) is 0 Å². The number of hydrogen-bond donors (Lipinski definition) is 1. The van der Waals surface area contributed by atoms with Crippen molar-refractivity contribution in [3.05, 3.63) is 58.6 Å². The summed E-state index contributed by atoms with van der Waals surface area (Å²) in [4.78, 5) is 0.177. The third kappa shape index (κ3) is 5.17. The Hall–Kier alpha value is -1.33. The van der Waals surface area contributed by atoms with E-state index in [9.17, 15) is 13.2 Å². The topological polar surface area (TPSA) is 12.0 Å². The van der Waals surface area contributed by atoms with Crippen LogP contribution < -0.4 is 5.32 Å². The number of aryl methyl sites for hydroxylation is 1. The van der Waals surface area contributed by atoms with E-state index >= 15 is 0 Å². The number of rotatable bonds is 4. The molecule has 0 fully saturated rings. The number of hydrogen-bond acceptors (Lipinski definition) is 2. The van der Waals surface area contributed by atoms with E-state index in [1.54, 1.807) is 12.1 Å². The van der Waals surface area contributed by atoms with Crippen LogP contribution >= 0.6 is 23.4 Å². The normalized spacial score (nSPS) is 11.5. The van der Waals surface area contributed by atoms with Gasteiger partial charge in [0, 0.05) is 22.2 Å². The van der Waals surface area contributed by atoms with E-state index in [1.807, 2.05) is 25.1 Å². The summed E-state index contributed by atoms with van der Waals surface area (Å²) in [5, 5.41) is 3.86. The van der Waals surface area contributed by atoms with Gasteiger partial charge >= 0.3 is 5.51 Å². The summed E-state index contributed by atoms with van der Waals surface area (Å²) in [6.07, 6.45) is 0. The molecule has 2 aromatic rings. The van der Waals surface area contributed by atoms with Crippen molar-refractivity contribution in [2.24, 2.45) is 0 Å². The minimum Gasteiger partial charge on any atom is -0.381 e. The molecule has 0 unspecified atom stereocenters. The zero-order valence-corrected chi connectivity index (χ0v) is 12.7. The van der Waals surface area contributed by atoms with E-state index in [-0.39, 0.29) is 16.7 Å². The van der Waals surface area contributed by atoms with Gasteiger partial charge in [0.25, 0.3) is 0 Å². The van der Waals surface area contributed by atoms with Crippen LogP contribution in [0.15, 0.2) is 47.4 Å². The van der Waals surface area contributed by atoms with Crippen molar-refractivity contribution in [2.45, 2.75) is 23.9 Å². The average Bonchev–Trinajstić information content (AvgIpc) is 2.38. The highest BCUT2D eigenvalue weighted by molar-refractivity contribution is 8.00. The van der Waals surface area contributed by atoms with E-state index in [4.69, 9.17) is 11.6 Å². The van der Waals surface area contributed by atoms with Crippen LogP contribution in [0.25, 0.3) is 0 Å². The van der Waals surface area contributed by atoms with Gasteiger partial charge in [0.2, 0.25) is 0 Å². The molecule has 0 amide bonds. The number of alkyl halides is 3. The van der Waals surface area contributed by atoms with Crippen LogP contribution in [0, 0.1) is 6.92 Å². The van der Waals surface area contributed by atoms with Gasteiger partial charge in [-0.2, -0.15) is 13.2 Å².